The number of cyclic esters (lactones) is 1. The third-order valence-electron chi connectivity index (χ3n) is 5.01. The zero-order chi connectivity index (χ0) is 27.0. The minimum Gasteiger partial charge on any atom is -0.507 e. The summed E-state index contributed by atoms with van der Waals surface area (Å²) in [6, 6.07) is -1.05. The third-order valence-corrected chi connectivity index (χ3v) is 6.07. The number of carbonyl (C=O) groups excluding carboxylic acids is 4. The average molecular weight is 528 g/mol. The van der Waals surface area contributed by atoms with Crippen LogP contribution in [0.4, 0.5) is 4.79 Å². The molecule has 0 radical (unpaired) electrons. The van der Waals surface area contributed by atoms with Crippen molar-refractivity contribution < 1.29 is 43.6 Å². The fourth-order valence-electron chi connectivity index (χ4n) is 3.33. The van der Waals surface area contributed by atoms with Crippen LogP contribution in [0.15, 0.2) is 6.07 Å². The molecular formula is C23H33N3O9S. The molecule has 2 rings (SSSR count). The molecule has 13 heteroatoms. The van der Waals surface area contributed by atoms with Crippen molar-refractivity contribution in [1.29, 1.82) is 0 Å². The SMILES string of the molecule is COc1cc(O)c2c(c1C)C(=O)OC[C@H](NC(=O)OC(C)(C)C)C(=O)N[C@H](C(=O)NCCO)CSC2. The van der Waals surface area contributed by atoms with E-state index in [4.69, 9.17) is 19.3 Å². The van der Waals surface area contributed by atoms with E-state index in [1.807, 2.05) is 0 Å². The highest BCUT2D eigenvalue weighted by Crippen LogP contribution is 2.35. The van der Waals surface area contributed by atoms with E-state index in [1.165, 1.54) is 24.9 Å². The van der Waals surface area contributed by atoms with Crippen LogP contribution in [-0.4, -0.2) is 84.4 Å². The lowest BCUT2D eigenvalue weighted by molar-refractivity contribution is -0.130. The van der Waals surface area contributed by atoms with Crippen LogP contribution in [-0.2, 0) is 24.8 Å². The molecule has 36 heavy (non-hydrogen) atoms. The Morgan fingerprint density at radius 3 is 2.61 bits per heavy atom. The number of esters is 1. The van der Waals surface area contributed by atoms with Crippen molar-refractivity contribution in [3.8, 4) is 11.5 Å². The van der Waals surface area contributed by atoms with Gasteiger partial charge in [-0.05, 0) is 27.7 Å². The number of rotatable bonds is 5. The zero-order valence-electron chi connectivity index (χ0n) is 20.9. The van der Waals surface area contributed by atoms with Crippen molar-refractivity contribution in [3.63, 3.8) is 0 Å². The predicted molar refractivity (Wildman–Crippen MR) is 131 cm³/mol. The Labute approximate surface area is 213 Å². The molecular weight excluding hydrogens is 494 g/mol. The van der Waals surface area contributed by atoms with Gasteiger partial charge in [0.05, 0.1) is 19.3 Å². The molecule has 1 heterocycles. The van der Waals surface area contributed by atoms with Crippen LogP contribution in [0.2, 0.25) is 0 Å². The maximum absolute atomic E-state index is 13.1. The number of hydrogen-bond acceptors (Lipinski definition) is 10. The second-order valence-electron chi connectivity index (χ2n) is 8.96. The van der Waals surface area contributed by atoms with Gasteiger partial charge in [-0.2, -0.15) is 11.8 Å². The van der Waals surface area contributed by atoms with E-state index >= 15 is 0 Å². The number of phenols is 1. The summed E-state index contributed by atoms with van der Waals surface area (Å²) in [6.07, 6.45) is -0.919. The summed E-state index contributed by atoms with van der Waals surface area (Å²) in [5, 5.41) is 27.0. The number of phenolic OH excluding ortho intramolecular Hbond substituents is 1. The molecule has 1 aromatic rings. The van der Waals surface area contributed by atoms with Gasteiger partial charge in [-0.3, -0.25) is 9.59 Å². The fraction of sp³-hybridized carbons (Fsp3) is 0.565. The van der Waals surface area contributed by atoms with Gasteiger partial charge in [0.25, 0.3) is 0 Å². The third kappa shape index (κ3) is 7.92. The van der Waals surface area contributed by atoms with E-state index in [-0.39, 0.29) is 47.3 Å². The van der Waals surface area contributed by atoms with Crippen LogP contribution >= 0.6 is 11.8 Å². The highest BCUT2D eigenvalue weighted by atomic mass is 32.2. The van der Waals surface area contributed by atoms with E-state index in [0.29, 0.717) is 5.56 Å². The van der Waals surface area contributed by atoms with Gasteiger partial charge in [0, 0.05) is 35.2 Å². The molecule has 1 aliphatic rings. The summed E-state index contributed by atoms with van der Waals surface area (Å²) in [4.78, 5) is 51.1. The van der Waals surface area contributed by atoms with Gasteiger partial charge < -0.3 is 40.4 Å². The first-order valence-corrected chi connectivity index (χ1v) is 12.4. The number of aliphatic hydroxyl groups excluding tert-OH is 1. The Kier molecular flexibility index (Phi) is 10.2. The minimum atomic E-state index is -1.38. The van der Waals surface area contributed by atoms with Crippen molar-refractivity contribution in [2.24, 2.45) is 0 Å². The summed E-state index contributed by atoms with van der Waals surface area (Å²) in [5.41, 5.74) is -0.0823. The molecule has 0 saturated carbocycles. The van der Waals surface area contributed by atoms with Crippen LogP contribution in [0.3, 0.4) is 0 Å². The molecule has 1 aliphatic heterocycles. The molecule has 0 bridgehead atoms. The number of nitrogens with one attached hydrogen (secondary N) is 3. The van der Waals surface area contributed by atoms with Crippen LogP contribution in [0.25, 0.3) is 0 Å². The Morgan fingerprint density at radius 2 is 2.00 bits per heavy atom. The van der Waals surface area contributed by atoms with Crippen LogP contribution < -0.4 is 20.7 Å². The minimum absolute atomic E-state index is 0.0182. The summed E-state index contributed by atoms with van der Waals surface area (Å²) >= 11 is 1.19. The molecule has 0 fully saturated rings. The van der Waals surface area contributed by atoms with E-state index in [1.54, 1.807) is 27.7 Å². The van der Waals surface area contributed by atoms with Gasteiger partial charge >= 0.3 is 12.1 Å². The molecule has 0 spiro atoms. The zero-order valence-corrected chi connectivity index (χ0v) is 21.7. The largest absolute Gasteiger partial charge is 0.507 e. The van der Waals surface area contributed by atoms with Gasteiger partial charge in [-0.15, -0.1) is 0 Å². The van der Waals surface area contributed by atoms with Crippen LogP contribution in [0.5, 0.6) is 11.5 Å². The quantitative estimate of drug-likeness (QED) is 0.341. The lowest BCUT2D eigenvalue weighted by Gasteiger charge is -2.26. The Morgan fingerprint density at radius 1 is 1.31 bits per heavy atom. The highest BCUT2D eigenvalue weighted by Gasteiger charge is 2.32. The van der Waals surface area contributed by atoms with E-state index in [0.717, 1.165) is 0 Å². The second kappa shape index (κ2) is 12.7. The summed E-state index contributed by atoms with van der Waals surface area (Å²) in [7, 11) is 1.39. The number of hydrogen-bond donors (Lipinski definition) is 5. The summed E-state index contributed by atoms with van der Waals surface area (Å²) in [5.74, 6) is -1.87. The molecule has 1 aromatic carbocycles. The van der Waals surface area contributed by atoms with Crippen LogP contribution in [0.1, 0.15) is 42.3 Å². The van der Waals surface area contributed by atoms with Crippen molar-refractivity contribution >= 4 is 35.6 Å². The molecule has 0 aliphatic carbocycles. The molecule has 0 aromatic heterocycles. The normalized spacial score (nSPS) is 18.9. The Bertz CT molecular complexity index is 994. The number of benzene rings is 1. The van der Waals surface area contributed by atoms with Gasteiger partial charge in [-0.25, -0.2) is 9.59 Å². The summed E-state index contributed by atoms with van der Waals surface area (Å²) < 4.78 is 15.8. The van der Waals surface area contributed by atoms with Gasteiger partial charge in [0.1, 0.15) is 35.8 Å². The number of aromatic hydroxyl groups is 1. The Balaban J connectivity index is 2.44. The number of aliphatic hydroxyl groups is 1. The van der Waals surface area contributed by atoms with E-state index in [9.17, 15) is 24.3 Å². The smallest absolute Gasteiger partial charge is 0.408 e. The summed E-state index contributed by atoms with van der Waals surface area (Å²) in [6.45, 7) is 5.68. The molecule has 0 saturated heterocycles. The van der Waals surface area contributed by atoms with Gasteiger partial charge in [0.2, 0.25) is 11.8 Å². The number of fused-ring (bicyclic) bond motifs is 1. The molecule has 3 amide bonds. The molecule has 2 atom stereocenters. The first-order chi connectivity index (χ1) is 16.9. The lowest BCUT2D eigenvalue weighted by Crippen LogP contribution is -2.56. The molecule has 200 valence electrons. The van der Waals surface area contributed by atoms with Crippen molar-refractivity contribution in [3.05, 3.63) is 22.8 Å². The topological polar surface area (TPSA) is 173 Å². The standard InChI is InChI=1S/C23H33N3O9S/c1-12-17(33-5)8-16(28)13-10-36-11-15(19(29)24-6-7-27)25-20(30)14(9-34-21(31)18(12)13)26-22(32)35-23(2,3)4/h8,14-15,27-28H,6-7,9-11H2,1-5H3,(H,24,29)(H,25,30)(H,26,32)/t14-,15-/m0/s1. The maximum atomic E-state index is 13.1. The number of alkyl carbamates (subject to hydrolysis) is 1. The number of amides is 3. The van der Waals surface area contributed by atoms with E-state index in [2.05, 4.69) is 16.0 Å². The van der Waals surface area contributed by atoms with Gasteiger partial charge in [0.15, 0.2) is 0 Å². The van der Waals surface area contributed by atoms with Gasteiger partial charge in [-0.1, -0.05) is 0 Å². The number of ether oxygens (including phenoxy) is 3. The number of methoxy groups -OCH3 is 1. The monoisotopic (exact) mass is 527 g/mol. The molecule has 5 N–H and O–H groups in total. The predicted octanol–water partition coefficient (Wildman–Crippen LogP) is 0.599. The highest BCUT2D eigenvalue weighted by molar-refractivity contribution is 7.98. The average Bonchev–Trinajstić information content (AvgIpc) is 2.79. The van der Waals surface area contributed by atoms with Crippen molar-refractivity contribution in [1.82, 2.24) is 16.0 Å². The first kappa shape index (κ1) is 29.0. The molecule has 12 nitrogen and oxygen atoms in total. The lowest BCUT2D eigenvalue weighted by atomic mass is 10.0. The number of carbonyl (C=O) groups is 4. The first-order valence-electron chi connectivity index (χ1n) is 11.2. The fourth-order valence-corrected chi connectivity index (χ4v) is 4.42. The van der Waals surface area contributed by atoms with Crippen LogP contribution in [0, 0.1) is 6.92 Å². The molecule has 0 unspecified atom stereocenters. The van der Waals surface area contributed by atoms with E-state index < -0.39 is 48.2 Å². The second-order valence-corrected chi connectivity index (χ2v) is 9.99. The van der Waals surface area contributed by atoms with Crippen molar-refractivity contribution in [2.75, 3.05) is 32.6 Å². The Hall–Kier alpha value is -3.19. The number of thioether (sulfide) groups is 1. The van der Waals surface area contributed by atoms with Crippen molar-refractivity contribution in [2.45, 2.75) is 51.1 Å². The maximum Gasteiger partial charge on any atom is 0.408 e.